The zero-order chi connectivity index (χ0) is 12.7. The molecule has 4 nitrogen and oxygen atoms in total. The molecule has 0 aliphatic carbocycles. The molecule has 0 unspecified atom stereocenters. The van der Waals surface area contributed by atoms with Gasteiger partial charge in [-0.2, -0.15) is 0 Å². The molecule has 0 fully saturated rings. The Morgan fingerprint density at radius 1 is 1.41 bits per heavy atom. The second-order valence-electron chi connectivity index (χ2n) is 4.72. The molecule has 4 heteroatoms. The molecule has 1 amide bonds. The molecule has 0 saturated heterocycles. The number of nitrogens with zero attached hydrogens (tertiary/aromatic N) is 1. The smallest absolute Gasteiger partial charge is 0.220 e. The first-order valence-corrected chi connectivity index (χ1v) is 5.84. The first kappa shape index (κ1) is 13.6. The highest BCUT2D eigenvalue weighted by atomic mass is 16.3. The zero-order valence-corrected chi connectivity index (χ0v) is 10.4. The van der Waals surface area contributed by atoms with Crippen LogP contribution in [0.2, 0.25) is 0 Å². The highest BCUT2D eigenvalue weighted by Crippen LogP contribution is 2.21. The van der Waals surface area contributed by atoms with Crippen LogP contribution in [0.25, 0.3) is 0 Å². The molecule has 0 aromatic carbocycles. The predicted octanol–water partition coefficient (Wildman–Crippen LogP) is 1.25. The van der Waals surface area contributed by atoms with E-state index in [0.29, 0.717) is 19.4 Å². The average Bonchev–Trinajstić information content (AvgIpc) is 2.35. The van der Waals surface area contributed by atoms with Gasteiger partial charge in [0.25, 0.3) is 0 Å². The maximum Gasteiger partial charge on any atom is 0.220 e. The number of rotatable bonds is 6. The van der Waals surface area contributed by atoms with Gasteiger partial charge >= 0.3 is 0 Å². The van der Waals surface area contributed by atoms with Crippen LogP contribution in [0.4, 0.5) is 0 Å². The lowest BCUT2D eigenvalue weighted by atomic mass is 9.85. The normalized spacial score (nSPS) is 11.2. The number of carbonyl (C=O) groups is 1. The summed E-state index contributed by atoms with van der Waals surface area (Å²) in [4.78, 5) is 15.4. The molecular weight excluding hydrogens is 216 g/mol. The summed E-state index contributed by atoms with van der Waals surface area (Å²) in [7, 11) is 0. The van der Waals surface area contributed by atoms with Crippen LogP contribution in [0.15, 0.2) is 24.5 Å². The zero-order valence-electron chi connectivity index (χ0n) is 10.4. The highest BCUT2D eigenvalue weighted by molar-refractivity contribution is 5.75. The molecule has 0 aliphatic heterocycles. The third-order valence-corrected chi connectivity index (χ3v) is 2.75. The Hall–Kier alpha value is -1.42. The summed E-state index contributed by atoms with van der Waals surface area (Å²) >= 11 is 0. The van der Waals surface area contributed by atoms with Gasteiger partial charge in [0.15, 0.2) is 0 Å². The minimum atomic E-state index is -0.113. The van der Waals surface area contributed by atoms with E-state index in [-0.39, 0.29) is 17.9 Å². The molecule has 0 saturated carbocycles. The van der Waals surface area contributed by atoms with E-state index in [2.05, 4.69) is 24.1 Å². The van der Waals surface area contributed by atoms with Crippen LogP contribution in [0, 0.1) is 0 Å². The fourth-order valence-electron chi connectivity index (χ4n) is 1.55. The lowest BCUT2D eigenvalue weighted by Crippen LogP contribution is -2.36. The van der Waals surface area contributed by atoms with E-state index in [1.165, 1.54) is 0 Å². The van der Waals surface area contributed by atoms with E-state index in [9.17, 15) is 4.79 Å². The van der Waals surface area contributed by atoms with E-state index in [1.807, 2.05) is 12.1 Å². The average molecular weight is 236 g/mol. The Bertz CT molecular complexity index is 350. The Kier molecular flexibility index (Phi) is 5.10. The van der Waals surface area contributed by atoms with Crippen LogP contribution in [0.3, 0.4) is 0 Å². The van der Waals surface area contributed by atoms with Crippen molar-refractivity contribution in [3.8, 4) is 0 Å². The fraction of sp³-hybridized carbons (Fsp3) is 0.538. The van der Waals surface area contributed by atoms with Gasteiger partial charge in [0.1, 0.15) is 0 Å². The number of carbonyl (C=O) groups excluding carboxylic acids is 1. The molecule has 1 rings (SSSR count). The Morgan fingerprint density at radius 2 is 2.06 bits per heavy atom. The maximum absolute atomic E-state index is 11.4. The highest BCUT2D eigenvalue weighted by Gasteiger charge is 2.20. The minimum absolute atomic E-state index is 0.0128. The van der Waals surface area contributed by atoms with Gasteiger partial charge in [-0.15, -0.1) is 0 Å². The minimum Gasteiger partial charge on any atom is -0.396 e. The van der Waals surface area contributed by atoms with Crippen molar-refractivity contribution in [2.24, 2.45) is 0 Å². The van der Waals surface area contributed by atoms with Gasteiger partial charge in [-0.1, -0.05) is 13.8 Å². The van der Waals surface area contributed by atoms with E-state index in [0.717, 1.165) is 5.56 Å². The second kappa shape index (κ2) is 6.35. The summed E-state index contributed by atoms with van der Waals surface area (Å²) < 4.78 is 0. The van der Waals surface area contributed by atoms with Crippen LogP contribution in [-0.4, -0.2) is 29.1 Å². The topological polar surface area (TPSA) is 62.2 Å². The van der Waals surface area contributed by atoms with E-state index in [4.69, 9.17) is 5.11 Å². The molecule has 0 aliphatic rings. The lowest BCUT2D eigenvalue weighted by Gasteiger charge is -2.25. The van der Waals surface area contributed by atoms with Crippen molar-refractivity contribution >= 4 is 5.91 Å². The predicted molar refractivity (Wildman–Crippen MR) is 66.6 cm³/mol. The number of pyridine rings is 1. The molecule has 1 aromatic rings. The van der Waals surface area contributed by atoms with Crippen LogP contribution in [-0.2, 0) is 10.2 Å². The van der Waals surface area contributed by atoms with E-state index >= 15 is 0 Å². The van der Waals surface area contributed by atoms with Crippen LogP contribution in [0.1, 0.15) is 32.3 Å². The van der Waals surface area contributed by atoms with Gasteiger partial charge < -0.3 is 10.4 Å². The third kappa shape index (κ3) is 4.53. The molecule has 94 valence electrons. The van der Waals surface area contributed by atoms with Crippen molar-refractivity contribution in [3.63, 3.8) is 0 Å². The van der Waals surface area contributed by atoms with Crippen molar-refractivity contribution in [2.75, 3.05) is 13.2 Å². The number of amides is 1. The molecule has 0 atom stereocenters. The lowest BCUT2D eigenvalue weighted by molar-refractivity contribution is -0.121. The van der Waals surface area contributed by atoms with Crippen LogP contribution in [0.5, 0.6) is 0 Å². The molecule has 1 heterocycles. The standard InChI is InChI=1S/C13H20N2O2/c1-13(2,11-5-7-14-8-6-11)10-15-12(17)4-3-9-16/h5-8,16H,3-4,9-10H2,1-2H3,(H,15,17). The number of aliphatic hydroxyl groups excluding tert-OH is 1. The van der Waals surface area contributed by atoms with Gasteiger partial charge in [0.2, 0.25) is 5.91 Å². The number of aromatic nitrogens is 1. The number of hydrogen-bond donors (Lipinski definition) is 2. The molecule has 0 bridgehead atoms. The van der Waals surface area contributed by atoms with Crippen molar-refractivity contribution < 1.29 is 9.90 Å². The van der Waals surface area contributed by atoms with Gasteiger partial charge in [-0.3, -0.25) is 9.78 Å². The van der Waals surface area contributed by atoms with Gasteiger partial charge in [0.05, 0.1) is 0 Å². The third-order valence-electron chi connectivity index (χ3n) is 2.75. The summed E-state index contributed by atoms with van der Waals surface area (Å²) in [5.74, 6) is -0.0128. The van der Waals surface area contributed by atoms with Crippen molar-refractivity contribution in [3.05, 3.63) is 30.1 Å². The number of nitrogens with one attached hydrogen (secondary N) is 1. The Labute approximate surface area is 102 Å². The molecule has 0 radical (unpaired) electrons. The summed E-state index contributed by atoms with van der Waals surface area (Å²) in [6, 6.07) is 3.92. The van der Waals surface area contributed by atoms with Gasteiger partial charge in [-0.05, 0) is 24.1 Å². The van der Waals surface area contributed by atoms with E-state index in [1.54, 1.807) is 12.4 Å². The van der Waals surface area contributed by atoms with Crippen molar-refractivity contribution in [1.82, 2.24) is 10.3 Å². The molecule has 2 N–H and O–H groups in total. The molecule has 17 heavy (non-hydrogen) atoms. The van der Waals surface area contributed by atoms with Gasteiger partial charge in [-0.25, -0.2) is 0 Å². The van der Waals surface area contributed by atoms with Crippen molar-refractivity contribution in [2.45, 2.75) is 32.1 Å². The largest absolute Gasteiger partial charge is 0.396 e. The summed E-state index contributed by atoms with van der Waals surface area (Å²) in [5, 5.41) is 11.5. The Morgan fingerprint density at radius 3 is 2.65 bits per heavy atom. The van der Waals surface area contributed by atoms with Crippen LogP contribution >= 0.6 is 0 Å². The first-order valence-electron chi connectivity index (χ1n) is 5.84. The molecule has 1 aromatic heterocycles. The first-order chi connectivity index (χ1) is 8.06. The Balaban J connectivity index is 2.48. The SMILES string of the molecule is CC(C)(CNC(=O)CCCO)c1ccncc1. The molecular formula is C13H20N2O2. The monoisotopic (exact) mass is 236 g/mol. The summed E-state index contributed by atoms with van der Waals surface area (Å²) in [6.07, 6.45) is 4.40. The summed E-state index contributed by atoms with van der Waals surface area (Å²) in [5.41, 5.74) is 1.03. The maximum atomic E-state index is 11.4. The number of hydrogen-bond acceptors (Lipinski definition) is 3. The molecule has 0 spiro atoms. The van der Waals surface area contributed by atoms with Gasteiger partial charge in [0, 0.05) is 37.4 Å². The van der Waals surface area contributed by atoms with E-state index < -0.39 is 0 Å². The van der Waals surface area contributed by atoms with Crippen molar-refractivity contribution in [1.29, 1.82) is 0 Å². The number of aliphatic hydroxyl groups is 1. The fourth-order valence-corrected chi connectivity index (χ4v) is 1.55. The summed E-state index contributed by atoms with van der Waals surface area (Å²) in [6.45, 7) is 4.80. The second-order valence-corrected chi connectivity index (χ2v) is 4.72. The quantitative estimate of drug-likeness (QED) is 0.781. The van der Waals surface area contributed by atoms with Crippen LogP contribution < -0.4 is 5.32 Å².